The number of nitrogens with zero attached hydrogens (tertiary/aromatic N) is 1. The van der Waals surface area contributed by atoms with Crippen LogP contribution in [0, 0.1) is 6.92 Å². The third-order valence-corrected chi connectivity index (χ3v) is 2.73. The highest BCUT2D eigenvalue weighted by Gasteiger charge is 2.21. The van der Waals surface area contributed by atoms with E-state index in [2.05, 4.69) is 5.16 Å². The van der Waals surface area contributed by atoms with Gasteiger partial charge in [0, 0.05) is 12.0 Å². The second-order valence-electron chi connectivity index (χ2n) is 3.89. The van der Waals surface area contributed by atoms with Crippen LogP contribution in [0.1, 0.15) is 29.5 Å². The molecule has 0 spiro atoms. The van der Waals surface area contributed by atoms with Crippen molar-refractivity contribution in [2.24, 2.45) is 5.16 Å². The number of hydrogen-bond donors (Lipinski definition) is 1. The highest BCUT2D eigenvalue weighted by Crippen LogP contribution is 2.20. The summed E-state index contributed by atoms with van der Waals surface area (Å²) in [5.74, 6) is -0.0677. The molecule has 0 aliphatic heterocycles. The van der Waals surface area contributed by atoms with Gasteiger partial charge in [0.1, 0.15) is 0 Å². The van der Waals surface area contributed by atoms with Crippen molar-refractivity contribution in [2.45, 2.75) is 26.2 Å². The normalized spacial score (nSPS) is 18.7. The quantitative estimate of drug-likeness (QED) is 0.398. The number of ketones is 1. The van der Waals surface area contributed by atoms with Crippen LogP contribution >= 0.6 is 0 Å². The Labute approximate surface area is 88.4 Å². The molecule has 1 aromatic rings. The van der Waals surface area contributed by atoms with Crippen LogP contribution in [0.5, 0.6) is 0 Å². The van der Waals surface area contributed by atoms with Crippen molar-refractivity contribution in [2.75, 3.05) is 0 Å². The van der Waals surface area contributed by atoms with Crippen molar-refractivity contribution in [3.63, 3.8) is 0 Å². The van der Waals surface area contributed by atoms with Crippen LogP contribution in [-0.2, 0) is 11.2 Å². The van der Waals surface area contributed by atoms with Gasteiger partial charge in [-0.3, -0.25) is 4.79 Å². The summed E-state index contributed by atoms with van der Waals surface area (Å²) >= 11 is 0. The van der Waals surface area contributed by atoms with Crippen molar-refractivity contribution in [3.05, 3.63) is 34.9 Å². The maximum absolute atomic E-state index is 11.6. The minimum atomic E-state index is -0.0677. The number of Topliss-reactive ketones (excluding diaryl/α,β-unsaturated/α-hetero) is 1. The Hall–Kier alpha value is -1.64. The molecule has 0 fully saturated rings. The largest absolute Gasteiger partial charge is 0.410 e. The van der Waals surface area contributed by atoms with E-state index in [0.29, 0.717) is 6.42 Å². The molecule has 3 heteroatoms. The van der Waals surface area contributed by atoms with E-state index in [-0.39, 0.29) is 11.5 Å². The van der Waals surface area contributed by atoms with Crippen molar-refractivity contribution in [1.82, 2.24) is 0 Å². The van der Waals surface area contributed by atoms with Gasteiger partial charge in [0.15, 0.2) is 11.5 Å². The molecule has 0 saturated heterocycles. The average molecular weight is 203 g/mol. The SMILES string of the molecule is Cc1ccc2c(c1)/C(=N\O)C(=O)CCC2. The molecule has 78 valence electrons. The lowest BCUT2D eigenvalue weighted by Gasteiger charge is -2.06. The molecule has 1 aliphatic rings. The summed E-state index contributed by atoms with van der Waals surface area (Å²) in [5.41, 5.74) is 3.18. The van der Waals surface area contributed by atoms with E-state index in [1.165, 1.54) is 0 Å². The summed E-state index contributed by atoms with van der Waals surface area (Å²) < 4.78 is 0. The van der Waals surface area contributed by atoms with Crippen LogP contribution in [0.4, 0.5) is 0 Å². The molecule has 1 N–H and O–H groups in total. The number of carbonyl (C=O) groups excluding carboxylic acids is 1. The smallest absolute Gasteiger partial charge is 0.185 e. The number of rotatable bonds is 0. The summed E-state index contributed by atoms with van der Waals surface area (Å²) in [4.78, 5) is 11.6. The molecule has 0 radical (unpaired) electrons. The highest BCUT2D eigenvalue weighted by atomic mass is 16.4. The molecule has 0 bridgehead atoms. The number of aryl methyl sites for hydroxylation is 2. The molecule has 0 amide bonds. The Morgan fingerprint density at radius 3 is 2.87 bits per heavy atom. The number of benzene rings is 1. The predicted octanol–water partition coefficient (Wildman–Crippen LogP) is 2.08. The van der Waals surface area contributed by atoms with E-state index in [9.17, 15) is 4.79 Å². The molecule has 0 unspecified atom stereocenters. The fourth-order valence-corrected chi connectivity index (χ4v) is 1.95. The standard InChI is InChI=1S/C12H13NO2/c1-8-5-6-9-3-2-4-11(14)12(13-15)10(9)7-8/h5-7,15H,2-4H2,1H3/b13-12+. The first kappa shape index (κ1) is 9.90. The second kappa shape index (κ2) is 3.85. The lowest BCUT2D eigenvalue weighted by atomic mass is 9.99. The van der Waals surface area contributed by atoms with Crippen molar-refractivity contribution >= 4 is 11.5 Å². The Kier molecular flexibility index (Phi) is 2.54. The van der Waals surface area contributed by atoms with E-state index in [0.717, 1.165) is 29.5 Å². The molecular formula is C12H13NO2. The minimum Gasteiger partial charge on any atom is -0.410 e. The topological polar surface area (TPSA) is 49.7 Å². The zero-order valence-corrected chi connectivity index (χ0v) is 8.66. The Morgan fingerprint density at radius 1 is 1.33 bits per heavy atom. The molecule has 1 aliphatic carbocycles. The zero-order chi connectivity index (χ0) is 10.8. The summed E-state index contributed by atoms with van der Waals surface area (Å²) in [5, 5.41) is 12.0. The van der Waals surface area contributed by atoms with Crippen LogP contribution in [0.3, 0.4) is 0 Å². The van der Waals surface area contributed by atoms with Crippen LogP contribution in [0.15, 0.2) is 23.4 Å². The molecule has 0 aromatic heterocycles. The lowest BCUT2D eigenvalue weighted by Crippen LogP contribution is -2.14. The fraction of sp³-hybridized carbons (Fsp3) is 0.333. The fourth-order valence-electron chi connectivity index (χ4n) is 1.95. The van der Waals surface area contributed by atoms with Crippen molar-refractivity contribution in [1.29, 1.82) is 0 Å². The van der Waals surface area contributed by atoms with Gasteiger partial charge in [0.25, 0.3) is 0 Å². The van der Waals surface area contributed by atoms with Crippen LogP contribution in [0.25, 0.3) is 0 Å². The molecule has 15 heavy (non-hydrogen) atoms. The molecule has 0 heterocycles. The molecule has 2 rings (SSSR count). The Morgan fingerprint density at radius 2 is 2.13 bits per heavy atom. The molecule has 0 atom stereocenters. The summed E-state index contributed by atoms with van der Waals surface area (Å²) in [6, 6.07) is 5.94. The third kappa shape index (κ3) is 1.77. The molecule has 0 saturated carbocycles. The van der Waals surface area contributed by atoms with Gasteiger partial charge in [0.05, 0.1) is 0 Å². The summed E-state index contributed by atoms with van der Waals surface area (Å²) in [6.07, 6.45) is 2.17. The number of oxime groups is 1. The first-order valence-corrected chi connectivity index (χ1v) is 5.07. The number of carbonyl (C=O) groups is 1. The molecular weight excluding hydrogens is 190 g/mol. The Balaban J connectivity index is 2.59. The number of fused-ring (bicyclic) bond motifs is 1. The number of hydrogen-bond acceptors (Lipinski definition) is 3. The van der Waals surface area contributed by atoms with E-state index in [1.54, 1.807) is 0 Å². The van der Waals surface area contributed by atoms with Gasteiger partial charge in [0.2, 0.25) is 0 Å². The van der Waals surface area contributed by atoms with Gasteiger partial charge in [-0.1, -0.05) is 22.9 Å². The minimum absolute atomic E-state index is 0.0677. The molecule has 3 nitrogen and oxygen atoms in total. The monoisotopic (exact) mass is 203 g/mol. The first-order valence-electron chi connectivity index (χ1n) is 5.07. The van der Waals surface area contributed by atoms with E-state index in [1.807, 2.05) is 25.1 Å². The van der Waals surface area contributed by atoms with Gasteiger partial charge < -0.3 is 5.21 Å². The molecule has 1 aromatic carbocycles. The second-order valence-corrected chi connectivity index (χ2v) is 3.89. The maximum Gasteiger partial charge on any atom is 0.185 e. The van der Waals surface area contributed by atoms with E-state index < -0.39 is 0 Å². The van der Waals surface area contributed by atoms with E-state index >= 15 is 0 Å². The van der Waals surface area contributed by atoms with Crippen molar-refractivity contribution in [3.8, 4) is 0 Å². The zero-order valence-electron chi connectivity index (χ0n) is 8.66. The van der Waals surface area contributed by atoms with Crippen LogP contribution in [-0.4, -0.2) is 16.7 Å². The van der Waals surface area contributed by atoms with Gasteiger partial charge in [-0.25, -0.2) is 0 Å². The maximum atomic E-state index is 11.6. The van der Waals surface area contributed by atoms with Gasteiger partial charge >= 0.3 is 0 Å². The van der Waals surface area contributed by atoms with E-state index in [4.69, 9.17) is 5.21 Å². The third-order valence-electron chi connectivity index (χ3n) is 2.73. The summed E-state index contributed by atoms with van der Waals surface area (Å²) in [6.45, 7) is 1.96. The average Bonchev–Trinajstić information content (AvgIpc) is 2.36. The first-order chi connectivity index (χ1) is 7.22. The van der Waals surface area contributed by atoms with Gasteiger partial charge in [-0.2, -0.15) is 0 Å². The Bertz CT molecular complexity index is 435. The van der Waals surface area contributed by atoms with Crippen LogP contribution in [0.2, 0.25) is 0 Å². The predicted molar refractivity (Wildman–Crippen MR) is 57.4 cm³/mol. The van der Waals surface area contributed by atoms with Gasteiger partial charge in [-0.15, -0.1) is 0 Å². The van der Waals surface area contributed by atoms with Gasteiger partial charge in [-0.05, 0) is 31.4 Å². The highest BCUT2D eigenvalue weighted by molar-refractivity contribution is 6.46. The lowest BCUT2D eigenvalue weighted by molar-refractivity contribution is -0.113. The van der Waals surface area contributed by atoms with Crippen LogP contribution < -0.4 is 0 Å². The van der Waals surface area contributed by atoms with Crippen molar-refractivity contribution < 1.29 is 10.0 Å². The summed E-state index contributed by atoms with van der Waals surface area (Å²) in [7, 11) is 0.